The van der Waals surface area contributed by atoms with E-state index < -0.39 is 6.17 Å². The van der Waals surface area contributed by atoms with Crippen molar-refractivity contribution >= 4 is 0 Å². The molecule has 0 saturated heterocycles. The third kappa shape index (κ3) is 8.11. The van der Waals surface area contributed by atoms with Crippen molar-refractivity contribution in [3.8, 4) is 17.0 Å². The number of benzene rings is 1. The zero-order valence-electron chi connectivity index (χ0n) is 16.9. The number of unbranched alkanes of at least 4 members (excludes halogenated alkanes) is 5. The van der Waals surface area contributed by atoms with E-state index in [0.717, 1.165) is 30.5 Å². The highest BCUT2D eigenvalue weighted by molar-refractivity contribution is 5.59. The number of alkyl halides is 1. The number of nitrogens with zero attached hydrogens (tertiary/aromatic N) is 1. The number of ether oxygens (including phenoxy) is 1. The molecule has 0 aliphatic carbocycles. The van der Waals surface area contributed by atoms with Crippen LogP contribution in [0.2, 0.25) is 0 Å². The molecular formula is C24H34FNO. The molecule has 2 aromatic rings. The smallest absolute Gasteiger partial charge is 0.137 e. The summed E-state index contributed by atoms with van der Waals surface area (Å²) in [7, 11) is 0. The van der Waals surface area contributed by atoms with Crippen molar-refractivity contribution in [2.24, 2.45) is 0 Å². The second-order valence-corrected chi connectivity index (χ2v) is 7.29. The fourth-order valence-electron chi connectivity index (χ4n) is 3.11. The van der Waals surface area contributed by atoms with E-state index in [4.69, 9.17) is 4.74 Å². The molecule has 0 radical (unpaired) electrons. The molecule has 1 heterocycles. The van der Waals surface area contributed by atoms with Crippen LogP contribution >= 0.6 is 0 Å². The van der Waals surface area contributed by atoms with Gasteiger partial charge in [-0.05, 0) is 37.0 Å². The molecule has 0 bridgehead atoms. The van der Waals surface area contributed by atoms with Crippen molar-refractivity contribution in [3.63, 3.8) is 0 Å². The minimum atomic E-state index is -0.904. The van der Waals surface area contributed by atoms with Gasteiger partial charge in [0.2, 0.25) is 0 Å². The van der Waals surface area contributed by atoms with Crippen LogP contribution in [0.25, 0.3) is 11.3 Å². The summed E-state index contributed by atoms with van der Waals surface area (Å²) in [6, 6.07) is 12.5. The summed E-state index contributed by atoms with van der Waals surface area (Å²) in [6.45, 7) is 4.42. The third-order valence-corrected chi connectivity index (χ3v) is 4.86. The van der Waals surface area contributed by atoms with E-state index in [1.54, 1.807) is 6.20 Å². The van der Waals surface area contributed by atoms with Crippen LogP contribution in [0.1, 0.15) is 70.8 Å². The maximum atomic E-state index is 13.7. The van der Waals surface area contributed by atoms with Crippen LogP contribution in [-0.4, -0.2) is 17.8 Å². The molecule has 3 heteroatoms. The van der Waals surface area contributed by atoms with Crippen molar-refractivity contribution in [2.75, 3.05) is 6.61 Å². The Morgan fingerprint density at radius 3 is 2.30 bits per heavy atom. The van der Waals surface area contributed by atoms with Crippen molar-refractivity contribution in [2.45, 2.75) is 77.8 Å². The number of rotatable bonds is 13. The van der Waals surface area contributed by atoms with Crippen LogP contribution in [0.4, 0.5) is 4.39 Å². The summed E-state index contributed by atoms with van der Waals surface area (Å²) in [6.07, 6.45) is 10.9. The average molecular weight is 372 g/mol. The van der Waals surface area contributed by atoms with Gasteiger partial charge in [0, 0.05) is 5.56 Å². The lowest BCUT2D eigenvalue weighted by molar-refractivity contribution is 0.184. The van der Waals surface area contributed by atoms with Crippen molar-refractivity contribution in [1.29, 1.82) is 0 Å². The molecule has 0 fully saturated rings. The molecule has 0 aliphatic rings. The Kier molecular flexibility index (Phi) is 9.89. The first-order valence-electron chi connectivity index (χ1n) is 10.5. The van der Waals surface area contributed by atoms with Gasteiger partial charge in [0.25, 0.3) is 0 Å². The molecular weight excluding hydrogens is 337 g/mol. The van der Waals surface area contributed by atoms with E-state index in [-0.39, 0.29) is 6.61 Å². The molecule has 1 unspecified atom stereocenters. The zero-order valence-corrected chi connectivity index (χ0v) is 16.9. The molecule has 1 atom stereocenters. The SMILES string of the molecule is CCCCCCCc1ccc(-c2ccc(OCC(F)CCCC)cn2)cc1. The molecule has 1 aromatic carbocycles. The lowest BCUT2D eigenvalue weighted by atomic mass is 10.0. The summed E-state index contributed by atoms with van der Waals surface area (Å²) in [5.74, 6) is 0.626. The highest BCUT2D eigenvalue weighted by atomic mass is 19.1. The summed E-state index contributed by atoms with van der Waals surface area (Å²) < 4.78 is 19.2. The molecule has 0 spiro atoms. The zero-order chi connectivity index (χ0) is 19.3. The van der Waals surface area contributed by atoms with E-state index in [1.807, 2.05) is 12.1 Å². The monoisotopic (exact) mass is 371 g/mol. The normalized spacial score (nSPS) is 12.1. The van der Waals surface area contributed by atoms with Crippen molar-refractivity contribution in [3.05, 3.63) is 48.2 Å². The predicted molar refractivity (Wildman–Crippen MR) is 112 cm³/mol. The highest BCUT2D eigenvalue weighted by Crippen LogP contribution is 2.21. The second kappa shape index (κ2) is 12.5. The summed E-state index contributed by atoms with van der Waals surface area (Å²) in [4.78, 5) is 4.47. The molecule has 2 nitrogen and oxygen atoms in total. The maximum absolute atomic E-state index is 13.7. The summed E-state index contributed by atoms with van der Waals surface area (Å²) >= 11 is 0. The Labute approximate surface area is 164 Å². The molecule has 27 heavy (non-hydrogen) atoms. The minimum absolute atomic E-state index is 0.105. The van der Waals surface area contributed by atoms with E-state index in [2.05, 4.69) is 43.1 Å². The van der Waals surface area contributed by atoms with Gasteiger partial charge in [-0.1, -0.05) is 76.6 Å². The van der Waals surface area contributed by atoms with Gasteiger partial charge in [-0.25, -0.2) is 4.39 Å². The number of pyridine rings is 1. The van der Waals surface area contributed by atoms with Gasteiger partial charge < -0.3 is 4.74 Å². The fourth-order valence-corrected chi connectivity index (χ4v) is 3.11. The van der Waals surface area contributed by atoms with Gasteiger partial charge in [-0.3, -0.25) is 4.98 Å². The molecule has 0 saturated carbocycles. The third-order valence-electron chi connectivity index (χ3n) is 4.86. The standard InChI is InChI=1S/C24H34FNO/c1-3-5-7-8-9-10-20-12-14-21(15-13-20)24-17-16-23(18-26-24)27-19-22(25)11-6-4-2/h12-18,22H,3-11,19H2,1-2H3. The predicted octanol–water partition coefficient (Wildman–Crippen LogP) is 7.17. The van der Waals surface area contributed by atoms with Gasteiger partial charge >= 0.3 is 0 Å². The lowest BCUT2D eigenvalue weighted by Crippen LogP contribution is -2.12. The Balaban J connectivity index is 1.80. The fraction of sp³-hybridized carbons (Fsp3) is 0.542. The molecule has 148 valence electrons. The van der Waals surface area contributed by atoms with Crippen LogP contribution in [0.5, 0.6) is 5.75 Å². The lowest BCUT2D eigenvalue weighted by Gasteiger charge is -2.10. The quantitative estimate of drug-likeness (QED) is 0.348. The number of hydrogen-bond donors (Lipinski definition) is 0. The molecule has 0 amide bonds. The van der Waals surface area contributed by atoms with E-state index >= 15 is 0 Å². The first-order chi connectivity index (χ1) is 13.2. The Morgan fingerprint density at radius 2 is 1.63 bits per heavy atom. The highest BCUT2D eigenvalue weighted by Gasteiger charge is 2.07. The van der Waals surface area contributed by atoms with Gasteiger partial charge in [0.05, 0.1) is 11.9 Å². The van der Waals surface area contributed by atoms with Crippen LogP contribution in [0.3, 0.4) is 0 Å². The summed E-state index contributed by atoms with van der Waals surface area (Å²) in [5, 5.41) is 0. The Morgan fingerprint density at radius 1 is 0.889 bits per heavy atom. The number of aryl methyl sites for hydroxylation is 1. The molecule has 0 N–H and O–H groups in total. The number of aromatic nitrogens is 1. The first-order valence-corrected chi connectivity index (χ1v) is 10.5. The van der Waals surface area contributed by atoms with Gasteiger partial charge in [0.1, 0.15) is 18.5 Å². The van der Waals surface area contributed by atoms with Crippen LogP contribution < -0.4 is 4.74 Å². The first kappa shape index (κ1) is 21.4. The van der Waals surface area contributed by atoms with Crippen molar-refractivity contribution < 1.29 is 9.13 Å². The topological polar surface area (TPSA) is 22.1 Å². The van der Waals surface area contributed by atoms with Crippen LogP contribution in [0, 0.1) is 0 Å². The average Bonchev–Trinajstić information content (AvgIpc) is 2.71. The number of hydrogen-bond acceptors (Lipinski definition) is 2. The minimum Gasteiger partial charge on any atom is -0.489 e. The largest absolute Gasteiger partial charge is 0.489 e. The van der Waals surface area contributed by atoms with E-state index in [0.29, 0.717) is 12.2 Å². The van der Waals surface area contributed by atoms with Crippen molar-refractivity contribution in [1.82, 2.24) is 4.98 Å². The molecule has 0 aliphatic heterocycles. The van der Waals surface area contributed by atoms with E-state index in [1.165, 1.54) is 37.7 Å². The van der Waals surface area contributed by atoms with Gasteiger partial charge in [0.15, 0.2) is 0 Å². The van der Waals surface area contributed by atoms with Crippen LogP contribution in [0.15, 0.2) is 42.6 Å². The van der Waals surface area contributed by atoms with E-state index in [9.17, 15) is 4.39 Å². The molecule has 2 rings (SSSR count). The Hall–Kier alpha value is -1.90. The van der Waals surface area contributed by atoms with Gasteiger partial charge in [-0.15, -0.1) is 0 Å². The van der Waals surface area contributed by atoms with Crippen LogP contribution in [-0.2, 0) is 6.42 Å². The summed E-state index contributed by atoms with van der Waals surface area (Å²) in [5.41, 5.74) is 3.40. The maximum Gasteiger partial charge on any atom is 0.137 e. The van der Waals surface area contributed by atoms with Gasteiger partial charge in [-0.2, -0.15) is 0 Å². The Bertz CT molecular complexity index is 624. The number of halogens is 1. The molecule has 1 aromatic heterocycles. The second-order valence-electron chi connectivity index (χ2n) is 7.29.